The van der Waals surface area contributed by atoms with E-state index in [9.17, 15) is 13.2 Å². The van der Waals surface area contributed by atoms with Crippen molar-refractivity contribution in [3.63, 3.8) is 0 Å². The van der Waals surface area contributed by atoms with Gasteiger partial charge < -0.3 is 4.98 Å². The normalized spacial score (nSPS) is 12.0. The Balaban J connectivity index is 2.09. The van der Waals surface area contributed by atoms with Gasteiger partial charge in [0.2, 0.25) is 0 Å². The maximum atomic E-state index is 12.6. The highest BCUT2D eigenvalue weighted by atomic mass is 35.5. The number of fused-ring (bicyclic) bond motifs is 1. The molecule has 0 amide bonds. The van der Waals surface area contributed by atoms with Crippen LogP contribution in [0.1, 0.15) is 5.56 Å². The van der Waals surface area contributed by atoms with E-state index in [-0.39, 0.29) is 5.02 Å². The number of rotatable bonds is 1. The first-order valence-electron chi connectivity index (χ1n) is 5.89. The first-order valence-corrected chi connectivity index (χ1v) is 6.27. The van der Waals surface area contributed by atoms with Gasteiger partial charge in [0, 0.05) is 22.3 Å². The molecule has 3 rings (SSSR count). The molecule has 2 aromatic carbocycles. The summed E-state index contributed by atoms with van der Waals surface area (Å²) in [6.07, 6.45) is -2.57. The second-order valence-electron chi connectivity index (χ2n) is 4.47. The molecule has 0 saturated carbocycles. The summed E-state index contributed by atoms with van der Waals surface area (Å²) in [6, 6.07) is 10.9. The number of aromatic amines is 1. The Labute approximate surface area is 118 Å². The maximum Gasteiger partial charge on any atom is 0.416 e. The predicted molar refractivity (Wildman–Crippen MR) is 73.7 cm³/mol. The van der Waals surface area contributed by atoms with Crippen LogP contribution in [-0.2, 0) is 6.18 Å². The van der Waals surface area contributed by atoms with Crippen molar-refractivity contribution in [1.82, 2.24) is 4.98 Å². The van der Waals surface area contributed by atoms with Crippen molar-refractivity contribution in [2.75, 3.05) is 0 Å². The Morgan fingerprint density at radius 3 is 2.45 bits per heavy atom. The molecule has 0 aliphatic heterocycles. The number of aromatic nitrogens is 1. The molecule has 1 heterocycles. The molecule has 0 saturated heterocycles. The Morgan fingerprint density at radius 2 is 1.75 bits per heavy atom. The van der Waals surface area contributed by atoms with Gasteiger partial charge in [0.15, 0.2) is 0 Å². The second-order valence-corrected chi connectivity index (χ2v) is 4.88. The van der Waals surface area contributed by atoms with E-state index in [1.54, 1.807) is 0 Å². The summed E-state index contributed by atoms with van der Waals surface area (Å²) in [7, 11) is 0. The van der Waals surface area contributed by atoms with Gasteiger partial charge in [-0.25, -0.2) is 0 Å². The third-order valence-electron chi connectivity index (χ3n) is 3.16. The molecular weight excluding hydrogens is 287 g/mol. The van der Waals surface area contributed by atoms with Gasteiger partial charge in [0.25, 0.3) is 0 Å². The molecule has 0 bridgehead atoms. The van der Waals surface area contributed by atoms with Crippen molar-refractivity contribution in [2.24, 2.45) is 0 Å². The van der Waals surface area contributed by atoms with E-state index in [0.29, 0.717) is 5.56 Å². The highest BCUT2D eigenvalue weighted by Gasteiger charge is 2.30. The lowest BCUT2D eigenvalue weighted by Gasteiger charge is -2.10. The van der Waals surface area contributed by atoms with Crippen molar-refractivity contribution in [3.05, 3.63) is 59.2 Å². The lowest BCUT2D eigenvalue weighted by Crippen LogP contribution is -2.04. The Bertz CT molecular complexity index is 774. The minimum absolute atomic E-state index is 0.0923. The molecule has 1 aromatic heterocycles. The summed E-state index contributed by atoms with van der Waals surface area (Å²) in [6.45, 7) is 0. The Morgan fingerprint density at radius 1 is 0.950 bits per heavy atom. The van der Waals surface area contributed by atoms with Crippen LogP contribution in [0.4, 0.5) is 13.2 Å². The van der Waals surface area contributed by atoms with Crippen LogP contribution < -0.4 is 0 Å². The van der Waals surface area contributed by atoms with Gasteiger partial charge in [-0.1, -0.05) is 23.7 Å². The molecule has 0 unspecified atom stereocenters. The van der Waals surface area contributed by atoms with E-state index >= 15 is 0 Å². The molecule has 0 atom stereocenters. The van der Waals surface area contributed by atoms with Crippen LogP contribution in [0.15, 0.2) is 48.7 Å². The number of hydrogen-bond donors (Lipinski definition) is 1. The fourth-order valence-electron chi connectivity index (χ4n) is 2.15. The molecule has 0 spiro atoms. The topological polar surface area (TPSA) is 15.8 Å². The largest absolute Gasteiger partial charge is 0.416 e. The number of hydrogen-bond acceptors (Lipinski definition) is 0. The first kappa shape index (κ1) is 13.1. The Hall–Kier alpha value is -1.94. The number of benzene rings is 2. The molecule has 1 N–H and O–H groups in total. The van der Waals surface area contributed by atoms with Crippen LogP contribution in [0.3, 0.4) is 0 Å². The second kappa shape index (κ2) is 4.56. The minimum atomic E-state index is -4.38. The van der Waals surface area contributed by atoms with E-state index in [0.717, 1.165) is 28.6 Å². The summed E-state index contributed by atoms with van der Waals surface area (Å²) >= 11 is 5.99. The van der Waals surface area contributed by atoms with E-state index in [1.807, 2.05) is 30.5 Å². The fraction of sp³-hybridized carbons (Fsp3) is 0.0667. The zero-order valence-corrected chi connectivity index (χ0v) is 10.9. The third kappa shape index (κ3) is 2.27. The summed E-state index contributed by atoms with van der Waals surface area (Å²) in [5, 5.41) is 1.08. The predicted octanol–water partition coefficient (Wildman–Crippen LogP) is 5.51. The molecule has 0 aliphatic carbocycles. The lowest BCUT2D eigenvalue weighted by molar-refractivity contribution is -0.137. The van der Waals surface area contributed by atoms with Gasteiger partial charge in [0.05, 0.1) is 5.56 Å². The van der Waals surface area contributed by atoms with E-state index in [4.69, 9.17) is 11.6 Å². The average molecular weight is 296 g/mol. The molecule has 0 aliphatic rings. The van der Waals surface area contributed by atoms with Gasteiger partial charge in [0.1, 0.15) is 0 Å². The number of nitrogens with one attached hydrogen (secondary N) is 1. The van der Waals surface area contributed by atoms with Crippen molar-refractivity contribution in [3.8, 4) is 11.1 Å². The summed E-state index contributed by atoms with van der Waals surface area (Å²) in [5.41, 5.74) is 1.60. The van der Waals surface area contributed by atoms with Crippen molar-refractivity contribution in [1.29, 1.82) is 0 Å². The van der Waals surface area contributed by atoms with Crippen LogP contribution in [0.25, 0.3) is 22.0 Å². The summed E-state index contributed by atoms with van der Waals surface area (Å²) in [5.74, 6) is 0. The van der Waals surface area contributed by atoms with Crippen LogP contribution in [0.5, 0.6) is 0 Å². The number of alkyl halides is 3. The Kier molecular flexibility index (Phi) is 2.98. The van der Waals surface area contributed by atoms with E-state index < -0.39 is 11.7 Å². The minimum Gasteiger partial charge on any atom is -0.361 e. The maximum absolute atomic E-state index is 12.6. The van der Waals surface area contributed by atoms with Gasteiger partial charge in [-0.2, -0.15) is 13.2 Å². The smallest absolute Gasteiger partial charge is 0.361 e. The van der Waals surface area contributed by atoms with Gasteiger partial charge in [-0.3, -0.25) is 0 Å². The molecule has 0 fully saturated rings. The zero-order valence-electron chi connectivity index (χ0n) is 10.1. The highest BCUT2D eigenvalue weighted by molar-refractivity contribution is 6.33. The van der Waals surface area contributed by atoms with Crippen molar-refractivity contribution in [2.45, 2.75) is 6.18 Å². The van der Waals surface area contributed by atoms with Crippen molar-refractivity contribution < 1.29 is 13.2 Å². The van der Waals surface area contributed by atoms with E-state index in [1.165, 1.54) is 6.07 Å². The molecule has 20 heavy (non-hydrogen) atoms. The summed E-state index contributed by atoms with van der Waals surface area (Å²) < 4.78 is 37.8. The standard InChI is InChI=1S/C15H9ClF3N/c16-13-8-11(15(17,18)19)2-3-12(13)9-1-4-14-10(7-9)5-6-20-14/h1-8,20H. The molecule has 3 aromatic rings. The van der Waals surface area contributed by atoms with Crippen LogP contribution >= 0.6 is 11.6 Å². The highest BCUT2D eigenvalue weighted by Crippen LogP contribution is 2.36. The molecule has 0 radical (unpaired) electrons. The molecular formula is C15H9ClF3N. The molecule has 1 nitrogen and oxygen atoms in total. The van der Waals surface area contributed by atoms with Gasteiger partial charge >= 0.3 is 6.18 Å². The zero-order chi connectivity index (χ0) is 14.3. The average Bonchev–Trinajstić information content (AvgIpc) is 2.84. The third-order valence-corrected chi connectivity index (χ3v) is 3.47. The van der Waals surface area contributed by atoms with Crippen LogP contribution in [-0.4, -0.2) is 4.98 Å². The summed E-state index contributed by atoms with van der Waals surface area (Å²) in [4.78, 5) is 3.06. The van der Waals surface area contributed by atoms with E-state index in [2.05, 4.69) is 4.98 Å². The quantitative estimate of drug-likeness (QED) is 0.609. The molecule has 5 heteroatoms. The monoisotopic (exact) mass is 295 g/mol. The van der Waals surface area contributed by atoms with Gasteiger partial charge in [-0.05, 0) is 41.3 Å². The molecule has 102 valence electrons. The van der Waals surface area contributed by atoms with Gasteiger partial charge in [-0.15, -0.1) is 0 Å². The first-order chi connectivity index (χ1) is 9.45. The van der Waals surface area contributed by atoms with Crippen LogP contribution in [0, 0.1) is 0 Å². The van der Waals surface area contributed by atoms with Crippen LogP contribution in [0.2, 0.25) is 5.02 Å². The van der Waals surface area contributed by atoms with Crippen molar-refractivity contribution >= 4 is 22.5 Å². The SMILES string of the molecule is FC(F)(F)c1ccc(-c2ccc3[nH]ccc3c2)c(Cl)c1. The number of halogens is 4. The fourth-order valence-corrected chi connectivity index (χ4v) is 2.44. The lowest BCUT2D eigenvalue weighted by atomic mass is 10.0. The number of H-pyrrole nitrogens is 1.